The molecule has 0 aromatic heterocycles. The predicted molar refractivity (Wildman–Crippen MR) is 71.4 cm³/mol. The van der Waals surface area contributed by atoms with Crippen molar-refractivity contribution in [3.8, 4) is 0 Å². The zero-order chi connectivity index (χ0) is 13.0. The molecule has 1 unspecified atom stereocenters. The fourth-order valence-electron chi connectivity index (χ4n) is 5.29. The highest BCUT2D eigenvalue weighted by Gasteiger charge is 2.54. The molecular formula is C13H24N2O2S. The molecule has 4 saturated carbocycles. The molecule has 18 heavy (non-hydrogen) atoms. The van der Waals surface area contributed by atoms with E-state index in [1.54, 1.807) is 0 Å². The van der Waals surface area contributed by atoms with Crippen molar-refractivity contribution in [1.82, 2.24) is 4.72 Å². The van der Waals surface area contributed by atoms with Gasteiger partial charge < -0.3 is 5.73 Å². The van der Waals surface area contributed by atoms with Gasteiger partial charge in [0.1, 0.15) is 0 Å². The van der Waals surface area contributed by atoms with Crippen LogP contribution in [-0.4, -0.2) is 27.3 Å². The summed E-state index contributed by atoms with van der Waals surface area (Å²) in [5.41, 5.74) is 6.03. The molecule has 5 heteroatoms. The molecule has 0 aromatic carbocycles. The van der Waals surface area contributed by atoms with E-state index in [2.05, 4.69) is 4.72 Å². The van der Waals surface area contributed by atoms with Crippen molar-refractivity contribution in [2.45, 2.75) is 44.6 Å². The molecule has 4 rings (SSSR count). The maximum Gasteiger partial charge on any atom is 0.209 e. The minimum atomic E-state index is -3.16. The lowest BCUT2D eigenvalue weighted by molar-refractivity contribution is -0.0681. The molecule has 4 fully saturated rings. The van der Waals surface area contributed by atoms with Gasteiger partial charge in [0, 0.05) is 12.6 Å². The molecule has 4 nitrogen and oxygen atoms in total. The van der Waals surface area contributed by atoms with Crippen molar-refractivity contribution in [2.24, 2.45) is 28.9 Å². The van der Waals surface area contributed by atoms with Crippen molar-refractivity contribution in [2.75, 3.05) is 12.8 Å². The van der Waals surface area contributed by atoms with Gasteiger partial charge in [-0.2, -0.15) is 0 Å². The Kier molecular flexibility index (Phi) is 2.99. The fraction of sp³-hybridized carbons (Fsp3) is 1.00. The zero-order valence-electron chi connectivity index (χ0n) is 11.1. The van der Waals surface area contributed by atoms with Crippen LogP contribution in [0, 0.1) is 23.2 Å². The number of nitrogens with one attached hydrogen (secondary N) is 1. The smallest absolute Gasteiger partial charge is 0.209 e. The van der Waals surface area contributed by atoms with E-state index in [4.69, 9.17) is 5.73 Å². The summed E-state index contributed by atoms with van der Waals surface area (Å²) < 4.78 is 25.9. The minimum Gasteiger partial charge on any atom is -0.329 e. The lowest BCUT2D eigenvalue weighted by atomic mass is 9.48. The van der Waals surface area contributed by atoms with Gasteiger partial charge in [-0.15, -0.1) is 0 Å². The maximum atomic E-state index is 11.5. The van der Waals surface area contributed by atoms with Crippen molar-refractivity contribution in [3.05, 3.63) is 0 Å². The average molecular weight is 272 g/mol. The van der Waals surface area contributed by atoms with E-state index in [-0.39, 0.29) is 11.5 Å². The number of rotatable bonds is 4. The van der Waals surface area contributed by atoms with Crippen LogP contribution in [0.2, 0.25) is 0 Å². The highest BCUT2D eigenvalue weighted by atomic mass is 32.2. The summed E-state index contributed by atoms with van der Waals surface area (Å²) >= 11 is 0. The summed E-state index contributed by atoms with van der Waals surface area (Å²) in [6.07, 6.45) is 8.91. The SMILES string of the molecule is CS(=O)(=O)NC(CN)C12CC3CC(CC(C3)C1)C2. The molecule has 0 heterocycles. The van der Waals surface area contributed by atoms with E-state index >= 15 is 0 Å². The third-order valence-electron chi connectivity index (χ3n) is 5.42. The van der Waals surface area contributed by atoms with Crippen LogP contribution in [0.25, 0.3) is 0 Å². The Bertz CT molecular complexity index is 397. The van der Waals surface area contributed by atoms with Crippen LogP contribution in [0.1, 0.15) is 38.5 Å². The fourth-order valence-corrected chi connectivity index (χ4v) is 6.15. The summed E-state index contributed by atoms with van der Waals surface area (Å²) in [5, 5.41) is 0. The van der Waals surface area contributed by atoms with Gasteiger partial charge in [-0.1, -0.05) is 0 Å². The van der Waals surface area contributed by atoms with E-state index < -0.39 is 10.0 Å². The number of hydrogen-bond acceptors (Lipinski definition) is 3. The van der Waals surface area contributed by atoms with E-state index in [9.17, 15) is 8.42 Å². The van der Waals surface area contributed by atoms with Crippen molar-refractivity contribution >= 4 is 10.0 Å². The van der Waals surface area contributed by atoms with Gasteiger partial charge >= 0.3 is 0 Å². The van der Waals surface area contributed by atoms with Crippen molar-refractivity contribution < 1.29 is 8.42 Å². The average Bonchev–Trinajstić information content (AvgIpc) is 2.22. The molecule has 0 spiro atoms. The topological polar surface area (TPSA) is 72.2 Å². The van der Waals surface area contributed by atoms with Crippen LogP contribution >= 0.6 is 0 Å². The largest absolute Gasteiger partial charge is 0.329 e. The standard InChI is InChI=1S/C13H24N2O2S/c1-18(16,17)15-12(8-14)13-5-9-2-10(6-13)4-11(3-9)7-13/h9-12,15H,2-8,14H2,1H3. The minimum absolute atomic E-state index is 0.0547. The second kappa shape index (κ2) is 4.18. The third kappa shape index (κ3) is 2.21. The van der Waals surface area contributed by atoms with E-state index in [1.807, 2.05) is 0 Å². The molecule has 0 amide bonds. The van der Waals surface area contributed by atoms with Crippen molar-refractivity contribution in [1.29, 1.82) is 0 Å². The molecule has 4 aliphatic rings. The summed E-state index contributed by atoms with van der Waals surface area (Å²) in [6, 6.07) is -0.0547. The molecular weight excluding hydrogens is 248 g/mol. The highest BCUT2D eigenvalue weighted by Crippen LogP contribution is 2.61. The first-order valence-electron chi connectivity index (χ1n) is 7.07. The lowest BCUT2D eigenvalue weighted by Gasteiger charge is -2.59. The lowest BCUT2D eigenvalue weighted by Crippen LogP contribution is -2.59. The molecule has 0 aliphatic heterocycles. The van der Waals surface area contributed by atoms with Crippen LogP contribution in [-0.2, 0) is 10.0 Å². The third-order valence-corrected chi connectivity index (χ3v) is 6.13. The molecule has 0 saturated heterocycles. The van der Waals surface area contributed by atoms with Gasteiger partial charge in [-0.05, 0) is 61.7 Å². The first kappa shape index (κ1) is 12.9. The molecule has 104 valence electrons. The second-order valence-electron chi connectivity index (χ2n) is 6.96. The van der Waals surface area contributed by atoms with Crippen LogP contribution in [0.3, 0.4) is 0 Å². The Morgan fingerprint density at radius 3 is 1.94 bits per heavy atom. The Morgan fingerprint density at radius 2 is 1.61 bits per heavy atom. The van der Waals surface area contributed by atoms with Gasteiger partial charge in [-0.3, -0.25) is 0 Å². The summed E-state index contributed by atoms with van der Waals surface area (Å²) in [4.78, 5) is 0. The van der Waals surface area contributed by atoms with E-state index in [0.717, 1.165) is 17.8 Å². The Morgan fingerprint density at radius 1 is 1.17 bits per heavy atom. The van der Waals surface area contributed by atoms with Crippen molar-refractivity contribution in [3.63, 3.8) is 0 Å². The predicted octanol–water partition coefficient (Wildman–Crippen LogP) is 1.08. The Hall–Kier alpha value is -0.130. The summed E-state index contributed by atoms with van der Waals surface area (Å²) in [7, 11) is -3.16. The zero-order valence-corrected chi connectivity index (χ0v) is 11.9. The van der Waals surface area contributed by atoms with Crippen LogP contribution in [0.5, 0.6) is 0 Å². The monoisotopic (exact) mass is 272 g/mol. The normalized spacial score (nSPS) is 44.2. The van der Waals surface area contributed by atoms with Gasteiger partial charge in [0.05, 0.1) is 6.26 Å². The summed E-state index contributed by atoms with van der Waals surface area (Å²) in [5.74, 6) is 2.48. The van der Waals surface area contributed by atoms with Gasteiger partial charge in [0.15, 0.2) is 0 Å². The highest BCUT2D eigenvalue weighted by molar-refractivity contribution is 7.88. The van der Waals surface area contributed by atoms with Crippen LogP contribution in [0.4, 0.5) is 0 Å². The maximum absolute atomic E-state index is 11.5. The molecule has 1 atom stereocenters. The Balaban J connectivity index is 1.85. The molecule has 4 bridgehead atoms. The number of sulfonamides is 1. The first-order chi connectivity index (χ1) is 8.40. The van der Waals surface area contributed by atoms with E-state index in [1.165, 1.54) is 44.8 Å². The summed E-state index contributed by atoms with van der Waals surface area (Å²) in [6.45, 7) is 0.430. The van der Waals surface area contributed by atoms with E-state index in [0.29, 0.717) is 6.54 Å². The molecule has 0 aromatic rings. The quantitative estimate of drug-likeness (QED) is 0.804. The molecule has 4 aliphatic carbocycles. The van der Waals surface area contributed by atoms with Crippen LogP contribution in [0.15, 0.2) is 0 Å². The first-order valence-corrected chi connectivity index (χ1v) is 8.97. The second-order valence-corrected chi connectivity index (χ2v) is 8.74. The van der Waals surface area contributed by atoms with Gasteiger partial charge in [0.25, 0.3) is 0 Å². The molecule has 0 radical (unpaired) electrons. The van der Waals surface area contributed by atoms with Gasteiger partial charge in [0.2, 0.25) is 10.0 Å². The number of hydrogen-bond donors (Lipinski definition) is 2. The Labute approximate surface area is 110 Å². The molecule has 3 N–H and O–H groups in total. The van der Waals surface area contributed by atoms with Gasteiger partial charge in [-0.25, -0.2) is 13.1 Å². The number of nitrogens with two attached hydrogens (primary N) is 1. The van der Waals surface area contributed by atoms with Crippen LogP contribution < -0.4 is 10.5 Å².